The molecule has 2 aliphatic heterocycles. The highest BCUT2D eigenvalue weighted by molar-refractivity contribution is 5.94. The fourth-order valence-electron chi connectivity index (χ4n) is 3.37. The number of hydrogen-bond donors (Lipinski definition) is 3. The van der Waals surface area contributed by atoms with Crippen molar-refractivity contribution in [2.75, 3.05) is 13.2 Å². The zero-order chi connectivity index (χ0) is 14.7. The molecular formula is C15H22N4O2. The first-order chi connectivity index (χ1) is 10.3. The summed E-state index contributed by atoms with van der Waals surface area (Å²) >= 11 is 0. The van der Waals surface area contributed by atoms with Crippen LogP contribution >= 0.6 is 0 Å². The number of aromatic nitrogens is 1. The van der Waals surface area contributed by atoms with Crippen molar-refractivity contribution >= 4 is 5.91 Å². The summed E-state index contributed by atoms with van der Waals surface area (Å²) in [5.74, 6) is 0.0676. The van der Waals surface area contributed by atoms with Crippen molar-refractivity contribution in [2.24, 2.45) is 0 Å². The predicted molar refractivity (Wildman–Crippen MR) is 78.5 cm³/mol. The molecule has 3 unspecified atom stereocenters. The van der Waals surface area contributed by atoms with Gasteiger partial charge < -0.3 is 10.0 Å². The molecule has 0 saturated carbocycles. The molecular weight excluding hydrogens is 268 g/mol. The van der Waals surface area contributed by atoms with Gasteiger partial charge in [0.1, 0.15) is 0 Å². The van der Waals surface area contributed by atoms with E-state index in [1.807, 2.05) is 11.0 Å². The summed E-state index contributed by atoms with van der Waals surface area (Å²) in [6.07, 6.45) is 7.07. The average Bonchev–Trinajstić information content (AvgIpc) is 3.16. The molecule has 3 atom stereocenters. The number of nitrogens with zero attached hydrogens (tertiary/aromatic N) is 2. The van der Waals surface area contributed by atoms with Crippen molar-refractivity contribution in [2.45, 2.75) is 43.8 Å². The summed E-state index contributed by atoms with van der Waals surface area (Å²) in [7, 11) is 0. The topological polar surface area (TPSA) is 77.5 Å². The van der Waals surface area contributed by atoms with Crippen molar-refractivity contribution in [3.8, 4) is 0 Å². The standard InChI is InChI=1S/C15H22N4O2/c20-8-5-12-9-13(18-17-12)14-4-2-7-19(14)15(21)11-3-1-6-16-10-11/h1,3,6,10,12-14,17-18,20H,2,4-5,7-9H2. The van der Waals surface area contributed by atoms with Crippen molar-refractivity contribution in [1.29, 1.82) is 0 Å². The van der Waals surface area contributed by atoms with Gasteiger partial charge in [0.2, 0.25) is 0 Å². The molecule has 3 N–H and O–H groups in total. The van der Waals surface area contributed by atoms with Gasteiger partial charge in [0, 0.05) is 43.7 Å². The number of aliphatic hydroxyl groups excluding tert-OH is 1. The Balaban J connectivity index is 1.67. The summed E-state index contributed by atoms with van der Waals surface area (Å²) < 4.78 is 0. The minimum atomic E-state index is 0.0676. The normalized spacial score (nSPS) is 29.0. The van der Waals surface area contributed by atoms with Crippen LogP contribution in [0.25, 0.3) is 0 Å². The molecule has 0 bridgehead atoms. The summed E-state index contributed by atoms with van der Waals surface area (Å²) in [5.41, 5.74) is 7.18. The van der Waals surface area contributed by atoms with Crippen LogP contribution in [0.15, 0.2) is 24.5 Å². The van der Waals surface area contributed by atoms with E-state index >= 15 is 0 Å². The summed E-state index contributed by atoms with van der Waals surface area (Å²) in [6, 6.07) is 4.37. The number of carbonyl (C=O) groups excluding carboxylic acids is 1. The molecule has 6 heteroatoms. The molecule has 1 aromatic heterocycles. The van der Waals surface area contributed by atoms with Crippen LogP contribution in [-0.2, 0) is 0 Å². The number of nitrogens with one attached hydrogen (secondary N) is 2. The van der Waals surface area contributed by atoms with Gasteiger partial charge in [-0.2, -0.15) is 0 Å². The first-order valence-electron chi connectivity index (χ1n) is 7.62. The molecule has 0 spiro atoms. The number of aliphatic hydroxyl groups is 1. The second kappa shape index (κ2) is 6.51. The first-order valence-corrected chi connectivity index (χ1v) is 7.62. The number of likely N-dealkylation sites (tertiary alicyclic amines) is 1. The molecule has 1 amide bonds. The molecule has 2 saturated heterocycles. The van der Waals surface area contributed by atoms with Crippen LogP contribution in [0.2, 0.25) is 0 Å². The summed E-state index contributed by atoms with van der Waals surface area (Å²) in [6.45, 7) is 0.996. The van der Waals surface area contributed by atoms with Crippen molar-refractivity contribution < 1.29 is 9.90 Å². The lowest BCUT2D eigenvalue weighted by Gasteiger charge is -2.29. The Bertz CT molecular complexity index is 482. The highest BCUT2D eigenvalue weighted by Gasteiger charge is 2.38. The van der Waals surface area contributed by atoms with Crippen LogP contribution < -0.4 is 10.9 Å². The first kappa shape index (κ1) is 14.4. The number of hydrazine groups is 1. The third kappa shape index (κ3) is 3.07. The molecule has 1 aromatic rings. The van der Waals surface area contributed by atoms with E-state index in [1.54, 1.807) is 18.5 Å². The van der Waals surface area contributed by atoms with E-state index in [-0.39, 0.29) is 30.6 Å². The molecule has 0 aromatic carbocycles. The Morgan fingerprint density at radius 1 is 1.48 bits per heavy atom. The lowest BCUT2D eigenvalue weighted by molar-refractivity contribution is 0.0708. The third-order valence-electron chi connectivity index (χ3n) is 4.42. The van der Waals surface area contributed by atoms with Gasteiger partial charge >= 0.3 is 0 Å². The molecule has 2 fully saturated rings. The van der Waals surface area contributed by atoms with Gasteiger partial charge in [-0.15, -0.1) is 0 Å². The Kier molecular flexibility index (Phi) is 4.48. The van der Waals surface area contributed by atoms with Crippen molar-refractivity contribution in [3.63, 3.8) is 0 Å². The molecule has 6 nitrogen and oxygen atoms in total. The quantitative estimate of drug-likeness (QED) is 0.743. The van der Waals surface area contributed by atoms with Crippen LogP contribution in [0.3, 0.4) is 0 Å². The lowest BCUT2D eigenvalue weighted by atomic mass is 9.99. The maximum atomic E-state index is 12.6. The monoisotopic (exact) mass is 290 g/mol. The van der Waals surface area contributed by atoms with E-state index in [4.69, 9.17) is 5.11 Å². The SMILES string of the molecule is O=C(c1cccnc1)N1CCCC1C1CC(CCO)NN1. The lowest BCUT2D eigenvalue weighted by Crippen LogP contribution is -2.48. The zero-order valence-corrected chi connectivity index (χ0v) is 12.0. The molecule has 0 aliphatic carbocycles. The fraction of sp³-hybridized carbons (Fsp3) is 0.600. The summed E-state index contributed by atoms with van der Waals surface area (Å²) in [4.78, 5) is 18.6. The maximum Gasteiger partial charge on any atom is 0.255 e. The van der Waals surface area contributed by atoms with E-state index in [1.165, 1.54) is 0 Å². The van der Waals surface area contributed by atoms with E-state index in [0.29, 0.717) is 5.56 Å². The van der Waals surface area contributed by atoms with Crippen LogP contribution in [0, 0.1) is 0 Å². The number of pyridine rings is 1. The van der Waals surface area contributed by atoms with Gasteiger partial charge in [-0.3, -0.25) is 20.6 Å². The highest BCUT2D eigenvalue weighted by atomic mass is 16.3. The Morgan fingerprint density at radius 2 is 2.38 bits per heavy atom. The van der Waals surface area contributed by atoms with Crippen molar-refractivity contribution in [1.82, 2.24) is 20.7 Å². The van der Waals surface area contributed by atoms with Gasteiger partial charge in [0.15, 0.2) is 0 Å². The molecule has 114 valence electrons. The van der Waals surface area contributed by atoms with Gasteiger partial charge in [-0.05, 0) is 37.8 Å². The molecule has 2 aliphatic rings. The maximum absolute atomic E-state index is 12.6. The second-order valence-electron chi connectivity index (χ2n) is 5.79. The highest BCUT2D eigenvalue weighted by Crippen LogP contribution is 2.26. The van der Waals surface area contributed by atoms with Crippen LogP contribution in [0.4, 0.5) is 0 Å². The van der Waals surface area contributed by atoms with Gasteiger partial charge in [0.05, 0.1) is 5.56 Å². The van der Waals surface area contributed by atoms with Crippen LogP contribution in [-0.4, -0.2) is 52.2 Å². The van der Waals surface area contributed by atoms with E-state index < -0.39 is 0 Å². The molecule has 3 heterocycles. The number of amides is 1. The third-order valence-corrected chi connectivity index (χ3v) is 4.42. The Hall–Kier alpha value is -1.50. The van der Waals surface area contributed by atoms with Gasteiger partial charge in [0.25, 0.3) is 5.91 Å². The molecule has 0 radical (unpaired) electrons. The Labute approximate surface area is 124 Å². The van der Waals surface area contributed by atoms with Gasteiger partial charge in [-0.1, -0.05) is 0 Å². The minimum absolute atomic E-state index is 0.0676. The molecule has 21 heavy (non-hydrogen) atoms. The van der Waals surface area contributed by atoms with E-state index in [0.717, 1.165) is 32.2 Å². The smallest absolute Gasteiger partial charge is 0.255 e. The average molecular weight is 290 g/mol. The van der Waals surface area contributed by atoms with E-state index in [2.05, 4.69) is 15.8 Å². The summed E-state index contributed by atoms with van der Waals surface area (Å²) in [5, 5.41) is 9.03. The largest absolute Gasteiger partial charge is 0.396 e. The number of hydrogen-bond acceptors (Lipinski definition) is 5. The van der Waals surface area contributed by atoms with Crippen molar-refractivity contribution in [3.05, 3.63) is 30.1 Å². The minimum Gasteiger partial charge on any atom is -0.396 e. The Morgan fingerprint density at radius 3 is 3.14 bits per heavy atom. The van der Waals surface area contributed by atoms with Gasteiger partial charge in [-0.25, -0.2) is 0 Å². The zero-order valence-electron chi connectivity index (χ0n) is 12.0. The van der Waals surface area contributed by atoms with E-state index in [9.17, 15) is 4.79 Å². The number of rotatable bonds is 4. The van der Waals surface area contributed by atoms with Crippen LogP contribution in [0.1, 0.15) is 36.0 Å². The molecule has 3 rings (SSSR count). The second-order valence-corrected chi connectivity index (χ2v) is 5.79. The van der Waals surface area contributed by atoms with Crippen LogP contribution in [0.5, 0.6) is 0 Å². The fourth-order valence-corrected chi connectivity index (χ4v) is 3.37. The predicted octanol–water partition coefficient (Wildman–Crippen LogP) is 0.304. The number of carbonyl (C=O) groups is 1.